The van der Waals surface area contributed by atoms with E-state index in [1.807, 2.05) is 32.4 Å². The number of fused-ring (bicyclic) bond motifs is 1. The van der Waals surface area contributed by atoms with Gasteiger partial charge in [-0.1, -0.05) is 0 Å². The van der Waals surface area contributed by atoms with Crippen LogP contribution in [0.1, 0.15) is 33.4 Å². The highest BCUT2D eigenvalue weighted by Crippen LogP contribution is 2.28. The second kappa shape index (κ2) is 5.52. The minimum absolute atomic E-state index is 0.0162. The van der Waals surface area contributed by atoms with Crippen molar-refractivity contribution in [3.63, 3.8) is 0 Å². The zero-order valence-corrected chi connectivity index (χ0v) is 14.0. The van der Waals surface area contributed by atoms with Crippen LogP contribution in [-0.2, 0) is 22.6 Å². The van der Waals surface area contributed by atoms with Gasteiger partial charge < -0.3 is 4.74 Å². The Kier molecular flexibility index (Phi) is 3.79. The fraction of sp³-hybridized carbons (Fsp3) is 0.667. The van der Waals surface area contributed by atoms with Crippen LogP contribution < -0.4 is 10.2 Å². The summed E-state index contributed by atoms with van der Waals surface area (Å²) in [6.07, 6.45) is 1.36. The van der Waals surface area contributed by atoms with Crippen LogP contribution in [0, 0.1) is 0 Å². The smallest absolute Gasteiger partial charge is 0.410 e. The normalized spacial score (nSPS) is 21.6. The van der Waals surface area contributed by atoms with Crippen LogP contribution in [0.4, 0.5) is 10.5 Å². The number of hydrogen-bond acceptors (Lipinski definition) is 5. The van der Waals surface area contributed by atoms with Crippen molar-refractivity contribution in [1.29, 1.82) is 0 Å². The van der Waals surface area contributed by atoms with Gasteiger partial charge in [0.2, 0.25) is 5.91 Å². The van der Waals surface area contributed by atoms with E-state index in [-0.39, 0.29) is 18.0 Å². The summed E-state index contributed by atoms with van der Waals surface area (Å²) in [5, 5.41) is 7.40. The molecule has 1 saturated heterocycles. The second-order valence-corrected chi connectivity index (χ2v) is 7.02. The molecule has 2 aliphatic heterocycles. The molecule has 8 nitrogen and oxygen atoms in total. The molecule has 0 aliphatic carbocycles. The van der Waals surface area contributed by atoms with Gasteiger partial charge in [-0.15, -0.1) is 0 Å². The molecule has 0 aromatic carbocycles. The zero-order chi connectivity index (χ0) is 16.8. The molecule has 8 heteroatoms. The number of carbonyl (C=O) groups is 2. The van der Waals surface area contributed by atoms with Crippen molar-refractivity contribution < 1.29 is 14.3 Å². The first-order chi connectivity index (χ1) is 10.8. The first kappa shape index (κ1) is 15.8. The number of carbonyl (C=O) groups excluding carboxylic acids is 2. The molecule has 1 aromatic heterocycles. The fourth-order valence-corrected chi connectivity index (χ4v) is 2.86. The van der Waals surface area contributed by atoms with Gasteiger partial charge in [-0.3, -0.25) is 24.6 Å². The summed E-state index contributed by atoms with van der Waals surface area (Å²) in [4.78, 5) is 27.7. The number of ether oxygens (including phenoxy) is 1. The maximum atomic E-state index is 12.4. The van der Waals surface area contributed by atoms with E-state index >= 15 is 0 Å². The van der Waals surface area contributed by atoms with Crippen LogP contribution >= 0.6 is 0 Å². The summed E-state index contributed by atoms with van der Waals surface area (Å²) in [6.45, 7) is 9.30. The molecule has 3 rings (SSSR count). The quantitative estimate of drug-likeness (QED) is 0.832. The minimum Gasteiger partial charge on any atom is -0.444 e. The number of nitrogens with zero attached hydrogens (tertiary/aromatic N) is 4. The van der Waals surface area contributed by atoms with Gasteiger partial charge in [-0.25, -0.2) is 4.79 Å². The van der Waals surface area contributed by atoms with Gasteiger partial charge in [0.25, 0.3) is 0 Å². The van der Waals surface area contributed by atoms with Gasteiger partial charge in [0.1, 0.15) is 5.60 Å². The van der Waals surface area contributed by atoms with Crippen LogP contribution in [-0.4, -0.2) is 51.5 Å². The molecule has 0 saturated carbocycles. The predicted molar refractivity (Wildman–Crippen MR) is 83.8 cm³/mol. The number of aromatic nitrogens is 2. The van der Waals surface area contributed by atoms with Crippen LogP contribution in [0.25, 0.3) is 0 Å². The van der Waals surface area contributed by atoms with Crippen molar-refractivity contribution >= 4 is 17.7 Å². The van der Waals surface area contributed by atoms with Crippen LogP contribution in [0.15, 0.2) is 6.20 Å². The van der Waals surface area contributed by atoms with E-state index in [2.05, 4.69) is 10.4 Å². The Balaban J connectivity index is 1.84. The highest BCUT2D eigenvalue weighted by atomic mass is 16.6. The largest absolute Gasteiger partial charge is 0.444 e. The van der Waals surface area contributed by atoms with Gasteiger partial charge in [-0.05, 0) is 27.7 Å². The van der Waals surface area contributed by atoms with Gasteiger partial charge in [0, 0.05) is 0 Å². The molecule has 0 spiro atoms. The summed E-state index contributed by atoms with van der Waals surface area (Å²) < 4.78 is 7.36. The van der Waals surface area contributed by atoms with E-state index < -0.39 is 5.60 Å². The Morgan fingerprint density at radius 2 is 2.17 bits per heavy atom. The highest BCUT2D eigenvalue weighted by molar-refractivity contribution is 5.97. The number of hydrogen-bond donors (Lipinski definition) is 1. The van der Waals surface area contributed by atoms with Crippen molar-refractivity contribution in [1.82, 2.24) is 20.0 Å². The minimum atomic E-state index is -0.536. The SMILES string of the molecule is CC1Cn2ncc(N3CNCC3=O)c2CN1C(=O)OC(C)(C)C. The van der Waals surface area contributed by atoms with E-state index in [1.54, 1.807) is 16.0 Å². The number of amides is 2. The third-order valence-electron chi connectivity index (χ3n) is 3.98. The predicted octanol–water partition coefficient (Wildman–Crippen LogP) is 0.916. The molecule has 23 heavy (non-hydrogen) atoms. The fourth-order valence-electron chi connectivity index (χ4n) is 2.86. The van der Waals surface area contributed by atoms with Crippen LogP contribution in [0.2, 0.25) is 0 Å². The molecule has 1 atom stereocenters. The Labute approximate surface area is 135 Å². The summed E-state index contributed by atoms with van der Waals surface area (Å²) in [5.74, 6) is 0.0169. The summed E-state index contributed by atoms with van der Waals surface area (Å²) in [7, 11) is 0. The molecule has 0 radical (unpaired) electrons. The highest BCUT2D eigenvalue weighted by Gasteiger charge is 2.34. The van der Waals surface area contributed by atoms with Crippen molar-refractivity contribution in [2.75, 3.05) is 18.1 Å². The number of rotatable bonds is 1. The lowest BCUT2D eigenvalue weighted by molar-refractivity contribution is -0.116. The average molecular weight is 321 g/mol. The molecule has 0 bridgehead atoms. The summed E-state index contributed by atoms with van der Waals surface area (Å²) in [5.41, 5.74) is 1.10. The lowest BCUT2D eigenvalue weighted by atomic mass is 10.2. The van der Waals surface area contributed by atoms with Crippen molar-refractivity contribution in [3.05, 3.63) is 11.9 Å². The third kappa shape index (κ3) is 3.03. The Bertz CT molecular complexity index is 634. The monoisotopic (exact) mass is 321 g/mol. The van der Waals surface area contributed by atoms with Crippen molar-refractivity contribution in [3.8, 4) is 0 Å². The van der Waals surface area contributed by atoms with Crippen molar-refractivity contribution in [2.24, 2.45) is 0 Å². The maximum absolute atomic E-state index is 12.4. The van der Waals surface area contributed by atoms with E-state index in [0.29, 0.717) is 26.3 Å². The van der Waals surface area contributed by atoms with E-state index in [0.717, 1.165) is 11.4 Å². The van der Waals surface area contributed by atoms with Gasteiger partial charge in [0.15, 0.2) is 0 Å². The van der Waals surface area contributed by atoms with Crippen LogP contribution in [0.3, 0.4) is 0 Å². The topological polar surface area (TPSA) is 79.7 Å². The summed E-state index contributed by atoms with van der Waals surface area (Å²) in [6, 6.07) is -0.0162. The molecule has 126 valence electrons. The van der Waals surface area contributed by atoms with E-state index in [1.165, 1.54) is 0 Å². The zero-order valence-electron chi connectivity index (χ0n) is 14.0. The Morgan fingerprint density at radius 1 is 1.43 bits per heavy atom. The Hall–Kier alpha value is -2.09. The van der Waals surface area contributed by atoms with E-state index in [4.69, 9.17) is 4.74 Å². The standard InChI is InChI=1S/C15H23N5O3/c1-10-7-20-12(8-18(10)14(22)23-15(2,3)4)11(5-17-20)19-9-16-6-13(19)21/h5,10,16H,6-9H2,1-4H3. The molecule has 1 aromatic rings. The molecule has 1 N–H and O–H groups in total. The average Bonchev–Trinajstić information content (AvgIpc) is 3.01. The lowest BCUT2D eigenvalue weighted by Crippen LogP contribution is -2.47. The van der Waals surface area contributed by atoms with E-state index in [9.17, 15) is 9.59 Å². The summed E-state index contributed by atoms with van der Waals surface area (Å²) >= 11 is 0. The molecule has 2 aliphatic rings. The maximum Gasteiger partial charge on any atom is 0.410 e. The van der Waals surface area contributed by atoms with Gasteiger partial charge in [0.05, 0.1) is 49.9 Å². The molecular weight excluding hydrogens is 298 g/mol. The third-order valence-corrected chi connectivity index (χ3v) is 3.98. The van der Waals surface area contributed by atoms with Gasteiger partial charge >= 0.3 is 6.09 Å². The number of anilines is 1. The molecular formula is C15H23N5O3. The molecule has 1 fully saturated rings. The van der Waals surface area contributed by atoms with Crippen molar-refractivity contribution in [2.45, 2.75) is 52.4 Å². The molecule has 2 amide bonds. The second-order valence-electron chi connectivity index (χ2n) is 7.02. The molecule has 1 unspecified atom stereocenters. The van der Waals surface area contributed by atoms with Crippen LogP contribution in [0.5, 0.6) is 0 Å². The molecule has 3 heterocycles. The lowest BCUT2D eigenvalue weighted by Gasteiger charge is -2.35. The first-order valence-electron chi connectivity index (χ1n) is 7.81. The first-order valence-corrected chi connectivity index (χ1v) is 7.81. The Morgan fingerprint density at radius 3 is 2.78 bits per heavy atom. The number of nitrogens with one attached hydrogen (secondary N) is 1. The van der Waals surface area contributed by atoms with Gasteiger partial charge in [-0.2, -0.15) is 5.10 Å².